The number of thioether (sulfide) groups is 1. The van der Waals surface area contributed by atoms with Gasteiger partial charge in [0, 0.05) is 10.3 Å². The second-order valence-corrected chi connectivity index (χ2v) is 8.52. The minimum Gasteiger partial charge on any atom is -0.465 e. The number of carbonyl (C=O) groups is 2. The molecule has 0 unspecified atom stereocenters. The second-order valence-electron chi connectivity index (χ2n) is 6.24. The molecule has 0 saturated heterocycles. The second kappa shape index (κ2) is 7.76. The highest BCUT2D eigenvalue weighted by Gasteiger charge is 2.28. The molecule has 0 aliphatic heterocycles. The number of methoxy groups -OCH3 is 1. The number of halogens is 1. The monoisotopic (exact) mass is 398 g/mol. The lowest BCUT2D eigenvalue weighted by atomic mass is 9.91. The van der Waals surface area contributed by atoms with Crippen molar-refractivity contribution in [2.75, 3.05) is 18.7 Å². The smallest absolute Gasteiger partial charge is 0.350 e. The number of hydrogen-bond donors (Lipinski definition) is 1. The third kappa shape index (κ3) is 4.54. The lowest BCUT2D eigenvalue weighted by Crippen LogP contribution is -2.17. The van der Waals surface area contributed by atoms with E-state index in [1.165, 1.54) is 18.9 Å². The van der Waals surface area contributed by atoms with Crippen LogP contribution in [0.4, 0.5) is 5.13 Å². The zero-order valence-electron chi connectivity index (χ0n) is 14.6. The minimum atomic E-state index is -0.467. The van der Waals surface area contributed by atoms with Crippen molar-refractivity contribution in [2.45, 2.75) is 31.1 Å². The lowest BCUT2D eigenvalue weighted by molar-refractivity contribution is 0.0603. The standard InChI is InChI=1S/C17H19ClN2O3S2/c1-17(2,3)13-12(15(22)23-4)25-16(19-13)20-14(21)10-8-9(24-5)6-7-11(10)18/h6-8H,1-5H3,(H,19,20,21). The van der Waals surface area contributed by atoms with Crippen LogP contribution in [0.1, 0.15) is 46.5 Å². The first kappa shape index (κ1) is 19.8. The van der Waals surface area contributed by atoms with E-state index in [-0.39, 0.29) is 11.3 Å². The highest BCUT2D eigenvalue weighted by molar-refractivity contribution is 7.98. The number of carbonyl (C=O) groups excluding carboxylic acids is 2. The summed E-state index contributed by atoms with van der Waals surface area (Å²) >= 11 is 8.75. The Bertz CT molecular complexity index is 813. The Kier molecular flexibility index (Phi) is 6.13. The van der Waals surface area contributed by atoms with Crippen molar-refractivity contribution in [3.05, 3.63) is 39.4 Å². The number of amides is 1. The number of ether oxygens (including phenoxy) is 1. The molecule has 2 rings (SSSR count). The van der Waals surface area contributed by atoms with Crippen LogP contribution in [0.3, 0.4) is 0 Å². The minimum absolute atomic E-state index is 0.334. The summed E-state index contributed by atoms with van der Waals surface area (Å²) in [6.45, 7) is 5.83. The van der Waals surface area contributed by atoms with Gasteiger partial charge in [-0.1, -0.05) is 43.7 Å². The first-order valence-corrected chi connectivity index (χ1v) is 9.83. The Hall–Kier alpha value is -1.57. The molecular weight excluding hydrogens is 380 g/mol. The number of esters is 1. The van der Waals surface area contributed by atoms with Gasteiger partial charge in [-0.3, -0.25) is 10.1 Å². The summed E-state index contributed by atoms with van der Waals surface area (Å²) in [6.07, 6.45) is 1.92. The topological polar surface area (TPSA) is 68.3 Å². The number of nitrogens with zero attached hydrogens (tertiary/aromatic N) is 1. The Balaban J connectivity index is 2.36. The normalized spacial score (nSPS) is 11.3. The number of anilines is 1. The maximum absolute atomic E-state index is 12.6. The fraction of sp³-hybridized carbons (Fsp3) is 0.353. The molecule has 1 N–H and O–H groups in total. The van der Waals surface area contributed by atoms with Gasteiger partial charge in [-0.15, -0.1) is 11.8 Å². The van der Waals surface area contributed by atoms with E-state index in [0.717, 1.165) is 16.2 Å². The van der Waals surface area contributed by atoms with E-state index < -0.39 is 5.97 Å². The molecule has 0 bridgehead atoms. The Morgan fingerprint density at radius 1 is 1.32 bits per heavy atom. The number of rotatable bonds is 4. The van der Waals surface area contributed by atoms with Gasteiger partial charge in [0.25, 0.3) is 5.91 Å². The van der Waals surface area contributed by atoms with Crippen molar-refractivity contribution in [2.24, 2.45) is 0 Å². The van der Waals surface area contributed by atoms with Gasteiger partial charge in [-0.25, -0.2) is 9.78 Å². The molecule has 134 valence electrons. The van der Waals surface area contributed by atoms with Crippen LogP contribution in [0.15, 0.2) is 23.1 Å². The molecule has 0 saturated carbocycles. The highest BCUT2D eigenvalue weighted by atomic mass is 35.5. The van der Waals surface area contributed by atoms with Crippen molar-refractivity contribution in [1.82, 2.24) is 4.98 Å². The summed E-state index contributed by atoms with van der Waals surface area (Å²) < 4.78 is 4.82. The third-order valence-electron chi connectivity index (χ3n) is 3.35. The van der Waals surface area contributed by atoms with E-state index in [2.05, 4.69) is 10.3 Å². The molecule has 8 heteroatoms. The molecule has 25 heavy (non-hydrogen) atoms. The van der Waals surface area contributed by atoms with Crippen LogP contribution in [-0.2, 0) is 10.2 Å². The summed E-state index contributed by atoms with van der Waals surface area (Å²) in [6, 6.07) is 5.26. The first-order valence-electron chi connectivity index (χ1n) is 7.42. The van der Waals surface area contributed by atoms with Crippen molar-refractivity contribution < 1.29 is 14.3 Å². The van der Waals surface area contributed by atoms with E-state index in [4.69, 9.17) is 16.3 Å². The van der Waals surface area contributed by atoms with E-state index in [1.54, 1.807) is 12.1 Å². The highest BCUT2D eigenvalue weighted by Crippen LogP contribution is 2.33. The molecule has 0 spiro atoms. The Labute approximate surface area is 160 Å². The summed E-state index contributed by atoms with van der Waals surface area (Å²) in [7, 11) is 1.32. The van der Waals surface area contributed by atoms with E-state index in [1.807, 2.05) is 33.1 Å². The predicted molar refractivity (Wildman–Crippen MR) is 103 cm³/mol. The zero-order chi connectivity index (χ0) is 18.8. The maximum atomic E-state index is 12.6. The van der Waals surface area contributed by atoms with Crippen molar-refractivity contribution in [3.8, 4) is 0 Å². The van der Waals surface area contributed by atoms with Crippen LogP contribution in [0.25, 0.3) is 0 Å². The van der Waals surface area contributed by atoms with Crippen LogP contribution in [0.5, 0.6) is 0 Å². The van der Waals surface area contributed by atoms with Gasteiger partial charge in [0.05, 0.1) is 23.4 Å². The molecule has 1 aromatic heterocycles. The molecule has 0 aliphatic rings. The number of benzene rings is 1. The third-order valence-corrected chi connectivity index (χ3v) is 5.35. The molecule has 0 aliphatic carbocycles. The summed E-state index contributed by atoms with van der Waals surface area (Å²) in [4.78, 5) is 30.3. The average molecular weight is 399 g/mol. The number of hydrogen-bond acceptors (Lipinski definition) is 6. The zero-order valence-corrected chi connectivity index (χ0v) is 17.0. The van der Waals surface area contributed by atoms with Gasteiger partial charge in [-0.05, 0) is 24.5 Å². The molecular formula is C17H19ClN2O3S2. The van der Waals surface area contributed by atoms with Crippen molar-refractivity contribution >= 4 is 51.7 Å². The lowest BCUT2D eigenvalue weighted by Gasteiger charge is -2.16. The predicted octanol–water partition coefficient (Wildman–Crippen LogP) is 4.85. The van der Waals surface area contributed by atoms with Gasteiger partial charge >= 0.3 is 5.97 Å². The van der Waals surface area contributed by atoms with Crippen LogP contribution < -0.4 is 5.32 Å². The van der Waals surface area contributed by atoms with Crippen LogP contribution in [-0.4, -0.2) is 30.2 Å². The summed E-state index contributed by atoms with van der Waals surface area (Å²) in [5.41, 5.74) is 0.587. The first-order chi connectivity index (χ1) is 11.7. The quantitative estimate of drug-likeness (QED) is 0.588. The summed E-state index contributed by atoms with van der Waals surface area (Å²) in [5, 5.41) is 3.42. The number of thiazole rings is 1. The molecule has 0 fully saturated rings. The van der Waals surface area contributed by atoms with Gasteiger partial charge in [-0.2, -0.15) is 0 Å². The maximum Gasteiger partial charge on any atom is 0.350 e. The SMILES string of the molecule is COC(=O)c1sc(NC(=O)c2cc(SC)ccc2Cl)nc1C(C)(C)C. The molecule has 5 nitrogen and oxygen atoms in total. The Morgan fingerprint density at radius 3 is 2.56 bits per heavy atom. The molecule has 0 atom stereocenters. The van der Waals surface area contributed by atoms with Crippen LogP contribution in [0, 0.1) is 0 Å². The molecule has 1 heterocycles. The van der Waals surface area contributed by atoms with E-state index >= 15 is 0 Å². The fourth-order valence-corrected chi connectivity index (χ4v) is 3.82. The molecule has 2 aromatic rings. The van der Waals surface area contributed by atoms with Gasteiger partial charge in [0.2, 0.25) is 0 Å². The molecule has 1 amide bonds. The largest absolute Gasteiger partial charge is 0.465 e. The van der Waals surface area contributed by atoms with Gasteiger partial charge in [0.15, 0.2) is 5.13 Å². The molecule has 0 radical (unpaired) electrons. The fourth-order valence-electron chi connectivity index (χ4n) is 2.08. The van der Waals surface area contributed by atoms with Gasteiger partial charge < -0.3 is 4.74 Å². The molecule has 1 aromatic carbocycles. The Morgan fingerprint density at radius 2 is 2.00 bits per heavy atom. The van der Waals surface area contributed by atoms with Crippen LogP contribution >= 0.6 is 34.7 Å². The summed E-state index contributed by atoms with van der Waals surface area (Å²) in [5.74, 6) is -0.836. The van der Waals surface area contributed by atoms with Gasteiger partial charge in [0.1, 0.15) is 4.88 Å². The van der Waals surface area contributed by atoms with Crippen molar-refractivity contribution in [1.29, 1.82) is 0 Å². The van der Waals surface area contributed by atoms with E-state index in [9.17, 15) is 9.59 Å². The van der Waals surface area contributed by atoms with E-state index in [0.29, 0.717) is 26.3 Å². The number of nitrogens with one attached hydrogen (secondary N) is 1. The van der Waals surface area contributed by atoms with Crippen LogP contribution in [0.2, 0.25) is 5.02 Å². The average Bonchev–Trinajstić information content (AvgIpc) is 2.98. The van der Waals surface area contributed by atoms with Crippen molar-refractivity contribution in [3.63, 3.8) is 0 Å². The number of aromatic nitrogens is 1.